The number of unbranched alkanes of at least 4 members (excludes halogenated alkanes) is 1. The first-order chi connectivity index (χ1) is 7.25. The minimum Gasteiger partial charge on any atom is -0.383 e. The van der Waals surface area contributed by atoms with Gasteiger partial charge in [-0.1, -0.05) is 12.1 Å². The quantitative estimate of drug-likeness (QED) is 0.747. The van der Waals surface area contributed by atoms with Crippen LogP contribution in [0.15, 0.2) is 24.3 Å². The molecular weight excluding hydrogens is 186 g/mol. The maximum absolute atomic E-state index is 8.42. The number of hydrogen-bond acceptors (Lipinski definition) is 3. The Morgan fingerprint density at radius 2 is 2.07 bits per heavy atom. The monoisotopic (exact) mass is 203 g/mol. The topological polar surface area (TPSA) is 39.1 Å². The molecule has 0 aliphatic carbocycles. The summed E-state index contributed by atoms with van der Waals surface area (Å²) in [6.07, 6.45) is 1.50. The molecule has 15 heavy (non-hydrogen) atoms. The van der Waals surface area contributed by atoms with Crippen LogP contribution in [0.1, 0.15) is 12.8 Å². The Kier molecular flexibility index (Phi) is 4.49. The van der Waals surface area contributed by atoms with Gasteiger partial charge < -0.3 is 10.2 Å². The van der Waals surface area contributed by atoms with Gasteiger partial charge in [0.1, 0.15) is 0 Å². The molecule has 0 aromatic heterocycles. The van der Waals surface area contributed by atoms with Crippen molar-refractivity contribution in [3.05, 3.63) is 24.3 Å². The molecule has 0 spiro atoms. The largest absolute Gasteiger partial charge is 0.383 e. The molecule has 0 atom stereocenters. The van der Waals surface area contributed by atoms with E-state index in [-0.39, 0.29) is 0 Å². The number of rotatable bonds is 5. The van der Waals surface area contributed by atoms with E-state index in [1.54, 1.807) is 0 Å². The molecule has 0 aliphatic heterocycles. The van der Waals surface area contributed by atoms with Gasteiger partial charge in [-0.15, -0.1) is 0 Å². The number of nitrogens with zero attached hydrogens (tertiary/aromatic N) is 2. The molecular formula is C12H17N3. The molecule has 0 saturated carbocycles. The molecule has 0 heterocycles. The Hall–Kier alpha value is -1.69. The summed E-state index contributed by atoms with van der Waals surface area (Å²) in [6.45, 7) is 0.846. The zero-order valence-electron chi connectivity index (χ0n) is 9.33. The number of para-hydroxylation sites is 2. The summed E-state index contributed by atoms with van der Waals surface area (Å²) in [5, 5.41) is 11.8. The van der Waals surface area contributed by atoms with Crippen LogP contribution in [0.25, 0.3) is 0 Å². The van der Waals surface area contributed by atoms with Gasteiger partial charge in [0.2, 0.25) is 0 Å². The number of hydrogen-bond donors (Lipinski definition) is 1. The van der Waals surface area contributed by atoms with Crippen LogP contribution >= 0.6 is 0 Å². The summed E-state index contributed by atoms with van der Waals surface area (Å²) in [5.41, 5.74) is 2.30. The molecule has 1 aromatic rings. The SMILES string of the molecule is CN(C)c1ccccc1NCCCC#N. The van der Waals surface area contributed by atoms with E-state index in [9.17, 15) is 0 Å². The third kappa shape index (κ3) is 3.51. The predicted octanol–water partition coefficient (Wildman–Crippen LogP) is 2.47. The zero-order valence-corrected chi connectivity index (χ0v) is 9.33. The maximum Gasteiger partial charge on any atom is 0.0622 e. The molecule has 0 aliphatic rings. The van der Waals surface area contributed by atoms with Gasteiger partial charge in [0.15, 0.2) is 0 Å². The lowest BCUT2D eigenvalue weighted by atomic mass is 10.2. The molecule has 1 aromatic carbocycles. The van der Waals surface area contributed by atoms with Crippen LogP contribution in [0.4, 0.5) is 11.4 Å². The first kappa shape index (κ1) is 11.4. The molecule has 3 heteroatoms. The van der Waals surface area contributed by atoms with Crippen LogP contribution < -0.4 is 10.2 Å². The number of nitriles is 1. The van der Waals surface area contributed by atoms with Gasteiger partial charge in [0.05, 0.1) is 17.4 Å². The van der Waals surface area contributed by atoms with Gasteiger partial charge in [0.25, 0.3) is 0 Å². The van der Waals surface area contributed by atoms with Crippen molar-refractivity contribution in [1.29, 1.82) is 5.26 Å². The van der Waals surface area contributed by atoms with E-state index >= 15 is 0 Å². The van der Waals surface area contributed by atoms with Crippen LogP contribution in [0, 0.1) is 11.3 Å². The molecule has 0 amide bonds. The van der Waals surface area contributed by atoms with Gasteiger partial charge in [-0.05, 0) is 18.6 Å². The first-order valence-corrected chi connectivity index (χ1v) is 5.13. The van der Waals surface area contributed by atoms with Crippen molar-refractivity contribution in [2.45, 2.75) is 12.8 Å². The fourth-order valence-corrected chi connectivity index (χ4v) is 1.40. The fourth-order valence-electron chi connectivity index (χ4n) is 1.40. The summed E-state index contributed by atoms with van der Waals surface area (Å²) < 4.78 is 0. The second-order valence-electron chi connectivity index (χ2n) is 3.60. The van der Waals surface area contributed by atoms with E-state index in [1.807, 2.05) is 26.2 Å². The average Bonchev–Trinajstić information content (AvgIpc) is 2.25. The third-order valence-electron chi connectivity index (χ3n) is 2.17. The standard InChI is InChI=1S/C12H17N3/c1-15(2)12-8-4-3-7-11(12)14-10-6-5-9-13/h3-4,7-8,14H,5-6,10H2,1-2H3. The molecule has 0 bridgehead atoms. The van der Waals surface area contributed by atoms with Crippen LogP contribution in [0.2, 0.25) is 0 Å². The molecule has 1 rings (SSSR count). The highest BCUT2D eigenvalue weighted by molar-refractivity contribution is 5.69. The summed E-state index contributed by atoms with van der Waals surface area (Å²) in [7, 11) is 4.05. The molecule has 1 N–H and O–H groups in total. The van der Waals surface area contributed by atoms with Gasteiger partial charge >= 0.3 is 0 Å². The molecule has 0 radical (unpaired) electrons. The van der Waals surface area contributed by atoms with E-state index in [0.717, 1.165) is 18.7 Å². The van der Waals surface area contributed by atoms with E-state index in [4.69, 9.17) is 5.26 Å². The minimum absolute atomic E-state index is 0.608. The fraction of sp³-hybridized carbons (Fsp3) is 0.417. The van der Waals surface area contributed by atoms with Crippen LogP contribution in [-0.4, -0.2) is 20.6 Å². The van der Waals surface area contributed by atoms with Crippen LogP contribution in [0.5, 0.6) is 0 Å². The Labute approximate surface area is 91.3 Å². The second kappa shape index (κ2) is 5.92. The number of benzene rings is 1. The zero-order chi connectivity index (χ0) is 11.1. The lowest BCUT2D eigenvalue weighted by Crippen LogP contribution is -2.12. The van der Waals surface area contributed by atoms with Crippen molar-refractivity contribution in [1.82, 2.24) is 0 Å². The Balaban J connectivity index is 2.56. The van der Waals surface area contributed by atoms with Gasteiger partial charge in [-0.3, -0.25) is 0 Å². The summed E-state index contributed by atoms with van der Waals surface area (Å²) in [5.74, 6) is 0. The molecule has 80 valence electrons. The van der Waals surface area contributed by atoms with Crippen LogP contribution in [0.3, 0.4) is 0 Å². The Morgan fingerprint density at radius 1 is 1.33 bits per heavy atom. The highest BCUT2D eigenvalue weighted by atomic mass is 15.1. The van der Waals surface area contributed by atoms with Gasteiger partial charge in [-0.25, -0.2) is 0 Å². The van der Waals surface area contributed by atoms with Gasteiger partial charge in [0, 0.05) is 27.1 Å². The summed E-state index contributed by atoms with van der Waals surface area (Å²) in [6, 6.07) is 10.3. The van der Waals surface area contributed by atoms with E-state index < -0.39 is 0 Å². The maximum atomic E-state index is 8.42. The first-order valence-electron chi connectivity index (χ1n) is 5.13. The van der Waals surface area contributed by atoms with E-state index in [2.05, 4.69) is 28.4 Å². The smallest absolute Gasteiger partial charge is 0.0622 e. The third-order valence-corrected chi connectivity index (χ3v) is 2.17. The predicted molar refractivity (Wildman–Crippen MR) is 64.1 cm³/mol. The summed E-state index contributed by atoms with van der Waals surface area (Å²) >= 11 is 0. The van der Waals surface area contributed by atoms with Crippen molar-refractivity contribution in [2.24, 2.45) is 0 Å². The molecule has 0 unspecified atom stereocenters. The molecule has 3 nitrogen and oxygen atoms in total. The number of anilines is 2. The lowest BCUT2D eigenvalue weighted by molar-refractivity contribution is 0.896. The van der Waals surface area contributed by atoms with Crippen molar-refractivity contribution in [3.63, 3.8) is 0 Å². The lowest BCUT2D eigenvalue weighted by Gasteiger charge is -2.18. The van der Waals surface area contributed by atoms with E-state index in [0.29, 0.717) is 6.42 Å². The summed E-state index contributed by atoms with van der Waals surface area (Å²) in [4.78, 5) is 2.08. The average molecular weight is 203 g/mol. The highest BCUT2D eigenvalue weighted by Crippen LogP contribution is 2.23. The normalized spacial score (nSPS) is 9.40. The van der Waals surface area contributed by atoms with Gasteiger partial charge in [-0.2, -0.15) is 5.26 Å². The van der Waals surface area contributed by atoms with Crippen molar-refractivity contribution in [2.75, 3.05) is 30.9 Å². The molecule has 0 saturated heterocycles. The highest BCUT2D eigenvalue weighted by Gasteiger charge is 2.01. The van der Waals surface area contributed by atoms with E-state index in [1.165, 1.54) is 5.69 Å². The van der Waals surface area contributed by atoms with Crippen molar-refractivity contribution < 1.29 is 0 Å². The van der Waals surface area contributed by atoms with Crippen LogP contribution in [-0.2, 0) is 0 Å². The second-order valence-corrected chi connectivity index (χ2v) is 3.60. The molecule has 0 fully saturated rings. The minimum atomic E-state index is 0.608. The Bertz CT molecular complexity index is 339. The van der Waals surface area contributed by atoms with Crippen molar-refractivity contribution >= 4 is 11.4 Å². The number of nitrogens with one attached hydrogen (secondary N) is 1. The Morgan fingerprint density at radius 3 is 2.73 bits per heavy atom. The van der Waals surface area contributed by atoms with Crippen molar-refractivity contribution in [3.8, 4) is 6.07 Å².